The first-order valence-corrected chi connectivity index (χ1v) is 13.4. The number of benzene rings is 3. The first-order chi connectivity index (χ1) is 19.4. The van der Waals surface area contributed by atoms with Gasteiger partial charge >= 0.3 is 6.09 Å². The molecule has 1 heterocycles. The van der Waals surface area contributed by atoms with Crippen molar-refractivity contribution in [3.05, 3.63) is 95.6 Å². The molecular formula is C31H35N3O6. The number of aromatic hydroxyl groups is 1. The number of hydrogen-bond acceptors (Lipinski definition) is 6. The van der Waals surface area contributed by atoms with E-state index in [-0.39, 0.29) is 30.6 Å². The number of carbonyl (C=O) groups excluding carboxylic acids is 3. The van der Waals surface area contributed by atoms with Crippen LogP contribution in [0.1, 0.15) is 29.5 Å². The summed E-state index contributed by atoms with van der Waals surface area (Å²) in [6.07, 6.45) is 1.35. The van der Waals surface area contributed by atoms with Crippen molar-refractivity contribution in [3.8, 4) is 11.5 Å². The van der Waals surface area contributed by atoms with Crippen LogP contribution in [0.3, 0.4) is 0 Å². The van der Waals surface area contributed by atoms with Crippen molar-refractivity contribution in [2.75, 3.05) is 20.2 Å². The normalized spacial score (nSPS) is 15.2. The van der Waals surface area contributed by atoms with Crippen molar-refractivity contribution < 1.29 is 29.0 Å². The Morgan fingerprint density at radius 1 is 0.975 bits per heavy atom. The molecule has 1 aliphatic rings. The zero-order valence-electron chi connectivity index (χ0n) is 22.5. The molecule has 0 unspecified atom stereocenters. The highest BCUT2D eigenvalue weighted by Gasteiger charge is 2.37. The lowest BCUT2D eigenvalue weighted by Gasteiger charge is -2.28. The van der Waals surface area contributed by atoms with Gasteiger partial charge in [0.2, 0.25) is 11.8 Å². The Hall–Kier alpha value is -4.53. The zero-order valence-corrected chi connectivity index (χ0v) is 22.5. The SMILES string of the molecule is COc1cc(CCNC(=O)[C@@H]2CCCN2C(=O)[C@@H](Cc2ccccc2)NC(=O)OCc2ccccc2)ccc1O. The van der Waals surface area contributed by atoms with Crippen LogP contribution in [-0.4, -0.2) is 60.2 Å². The Morgan fingerprint density at radius 3 is 2.38 bits per heavy atom. The summed E-state index contributed by atoms with van der Waals surface area (Å²) in [5.41, 5.74) is 2.62. The van der Waals surface area contributed by atoms with Crippen LogP contribution in [0.15, 0.2) is 78.9 Å². The number of phenols is 1. The number of methoxy groups -OCH3 is 1. The van der Waals surface area contributed by atoms with Gasteiger partial charge in [-0.15, -0.1) is 0 Å². The number of likely N-dealkylation sites (tertiary alicyclic amines) is 1. The Labute approximate surface area is 234 Å². The second-order valence-corrected chi connectivity index (χ2v) is 9.69. The van der Waals surface area contributed by atoms with E-state index < -0.39 is 18.2 Å². The van der Waals surface area contributed by atoms with Crippen molar-refractivity contribution >= 4 is 17.9 Å². The fourth-order valence-electron chi connectivity index (χ4n) is 4.79. The number of amides is 3. The van der Waals surface area contributed by atoms with Crippen LogP contribution in [0.4, 0.5) is 4.79 Å². The smallest absolute Gasteiger partial charge is 0.408 e. The van der Waals surface area contributed by atoms with Crippen molar-refractivity contribution in [3.63, 3.8) is 0 Å². The van der Waals surface area contributed by atoms with E-state index in [4.69, 9.17) is 9.47 Å². The number of ether oxygens (including phenoxy) is 2. The van der Waals surface area contributed by atoms with E-state index >= 15 is 0 Å². The molecule has 3 amide bonds. The van der Waals surface area contributed by atoms with Crippen molar-refractivity contribution in [1.29, 1.82) is 0 Å². The monoisotopic (exact) mass is 545 g/mol. The molecule has 3 aromatic carbocycles. The molecule has 1 saturated heterocycles. The third-order valence-corrected chi connectivity index (χ3v) is 6.88. The molecule has 0 radical (unpaired) electrons. The van der Waals surface area contributed by atoms with Crippen LogP contribution in [0.2, 0.25) is 0 Å². The number of alkyl carbamates (subject to hydrolysis) is 1. The average molecular weight is 546 g/mol. The Kier molecular flexibility index (Phi) is 9.99. The van der Waals surface area contributed by atoms with Gasteiger partial charge in [0.15, 0.2) is 11.5 Å². The van der Waals surface area contributed by atoms with Crippen molar-refractivity contribution in [1.82, 2.24) is 15.5 Å². The number of nitrogens with zero attached hydrogens (tertiary/aromatic N) is 1. The van der Waals surface area contributed by atoms with Gasteiger partial charge in [0.25, 0.3) is 0 Å². The molecule has 0 aliphatic carbocycles. The fraction of sp³-hybridized carbons (Fsp3) is 0.323. The lowest BCUT2D eigenvalue weighted by Crippen LogP contribution is -2.54. The summed E-state index contributed by atoms with van der Waals surface area (Å²) in [6, 6.07) is 22.3. The summed E-state index contributed by atoms with van der Waals surface area (Å²) in [6.45, 7) is 0.876. The lowest BCUT2D eigenvalue weighted by molar-refractivity contribution is -0.139. The van der Waals surface area contributed by atoms with Gasteiger partial charge in [0.05, 0.1) is 7.11 Å². The minimum absolute atomic E-state index is 0.0537. The summed E-state index contributed by atoms with van der Waals surface area (Å²) in [5.74, 6) is -0.128. The molecule has 0 bridgehead atoms. The highest BCUT2D eigenvalue weighted by atomic mass is 16.5. The number of hydrogen-bond donors (Lipinski definition) is 3. The van der Waals surface area contributed by atoms with Gasteiger partial charge in [-0.1, -0.05) is 66.7 Å². The van der Waals surface area contributed by atoms with Gasteiger partial charge < -0.3 is 30.1 Å². The van der Waals surface area contributed by atoms with Gasteiger partial charge in [0, 0.05) is 19.5 Å². The second-order valence-electron chi connectivity index (χ2n) is 9.69. The Bertz CT molecular complexity index is 1280. The maximum absolute atomic E-state index is 13.7. The van der Waals surface area contributed by atoms with Gasteiger partial charge in [-0.05, 0) is 48.1 Å². The van der Waals surface area contributed by atoms with Gasteiger partial charge in [-0.2, -0.15) is 0 Å². The van der Waals surface area contributed by atoms with Crippen LogP contribution < -0.4 is 15.4 Å². The van der Waals surface area contributed by atoms with Crippen molar-refractivity contribution in [2.24, 2.45) is 0 Å². The molecule has 0 spiro atoms. The minimum Gasteiger partial charge on any atom is -0.504 e. The third-order valence-electron chi connectivity index (χ3n) is 6.88. The third kappa shape index (κ3) is 7.75. The van der Waals surface area contributed by atoms with Gasteiger partial charge in [0.1, 0.15) is 18.7 Å². The number of rotatable bonds is 11. The molecule has 4 rings (SSSR count). The van der Waals surface area contributed by atoms with Crippen LogP contribution >= 0.6 is 0 Å². The summed E-state index contributed by atoms with van der Waals surface area (Å²) in [5, 5.41) is 15.4. The Morgan fingerprint density at radius 2 is 1.68 bits per heavy atom. The standard InChI is InChI=1S/C31H35N3O6/c1-39-28-20-23(14-15-27(28)35)16-17-32-29(36)26-13-8-18-34(26)30(37)25(19-22-9-4-2-5-10-22)33-31(38)40-21-24-11-6-3-7-12-24/h2-7,9-12,14-15,20,25-26,35H,8,13,16-19,21H2,1H3,(H,32,36)(H,33,38)/t25-,26+/m1/s1. The predicted octanol–water partition coefficient (Wildman–Crippen LogP) is 3.59. The summed E-state index contributed by atoms with van der Waals surface area (Å²) in [4.78, 5) is 41.1. The molecular weight excluding hydrogens is 510 g/mol. The van der Waals surface area contributed by atoms with E-state index in [0.717, 1.165) is 16.7 Å². The first-order valence-electron chi connectivity index (χ1n) is 13.4. The largest absolute Gasteiger partial charge is 0.504 e. The van der Waals surface area contributed by atoms with E-state index in [9.17, 15) is 19.5 Å². The fourth-order valence-corrected chi connectivity index (χ4v) is 4.79. The van der Waals surface area contributed by atoms with E-state index in [1.807, 2.05) is 60.7 Å². The molecule has 1 aliphatic heterocycles. The maximum atomic E-state index is 13.7. The predicted molar refractivity (Wildman–Crippen MR) is 150 cm³/mol. The zero-order chi connectivity index (χ0) is 28.3. The van der Waals surface area contributed by atoms with Gasteiger partial charge in [-0.25, -0.2) is 4.79 Å². The van der Waals surface area contributed by atoms with E-state index in [2.05, 4.69) is 10.6 Å². The highest BCUT2D eigenvalue weighted by Crippen LogP contribution is 2.26. The molecule has 210 valence electrons. The molecule has 3 N–H and O–H groups in total. The number of phenolic OH excluding ortho intramolecular Hbond substituents is 1. The number of nitrogens with one attached hydrogen (secondary N) is 2. The quantitative estimate of drug-likeness (QED) is 0.339. The second kappa shape index (κ2) is 14.0. The first kappa shape index (κ1) is 28.5. The van der Waals surface area contributed by atoms with Crippen molar-refractivity contribution in [2.45, 2.75) is 44.4 Å². The molecule has 1 fully saturated rings. The van der Waals surface area contributed by atoms with E-state index in [1.54, 1.807) is 23.1 Å². The topological polar surface area (TPSA) is 117 Å². The van der Waals surface area contributed by atoms with E-state index in [0.29, 0.717) is 38.1 Å². The summed E-state index contributed by atoms with van der Waals surface area (Å²) in [7, 11) is 1.48. The average Bonchev–Trinajstić information content (AvgIpc) is 3.47. The molecule has 9 nitrogen and oxygen atoms in total. The highest BCUT2D eigenvalue weighted by molar-refractivity contribution is 5.92. The van der Waals surface area contributed by atoms with Crippen LogP contribution in [-0.2, 0) is 33.8 Å². The maximum Gasteiger partial charge on any atom is 0.408 e. The molecule has 0 saturated carbocycles. The molecule has 9 heteroatoms. The molecule has 0 aromatic heterocycles. The number of carbonyl (C=O) groups is 3. The van der Waals surface area contributed by atoms with Crippen LogP contribution in [0, 0.1) is 0 Å². The van der Waals surface area contributed by atoms with Gasteiger partial charge in [-0.3, -0.25) is 9.59 Å². The molecule has 2 atom stereocenters. The molecule has 3 aromatic rings. The minimum atomic E-state index is -0.886. The van der Waals surface area contributed by atoms with Crippen LogP contribution in [0.25, 0.3) is 0 Å². The summed E-state index contributed by atoms with van der Waals surface area (Å²) < 4.78 is 10.5. The van der Waals surface area contributed by atoms with E-state index in [1.165, 1.54) is 7.11 Å². The lowest BCUT2D eigenvalue weighted by atomic mass is 10.0. The van der Waals surface area contributed by atoms with Crippen LogP contribution in [0.5, 0.6) is 11.5 Å². The summed E-state index contributed by atoms with van der Waals surface area (Å²) >= 11 is 0. The molecule has 40 heavy (non-hydrogen) atoms. The Balaban J connectivity index is 1.38.